The third-order valence-electron chi connectivity index (χ3n) is 3.88. The van der Waals surface area contributed by atoms with Crippen LogP contribution in [0, 0.1) is 0 Å². The van der Waals surface area contributed by atoms with Gasteiger partial charge in [0, 0.05) is 12.5 Å². The van der Waals surface area contributed by atoms with E-state index in [1.165, 1.54) is 5.56 Å². The number of nitrogens with one attached hydrogen (secondary N) is 1. The summed E-state index contributed by atoms with van der Waals surface area (Å²) in [5.74, 6) is -0.0909. The minimum Gasteiger partial charge on any atom is -0.388 e. The average molecular weight is 338 g/mol. The van der Waals surface area contributed by atoms with Crippen molar-refractivity contribution in [2.45, 2.75) is 25.4 Å². The lowest BCUT2D eigenvalue weighted by Crippen LogP contribution is -2.23. The standard InChI is InChI=1S/C18H21Cl2NO/c1-3-12-5-4-6-14(9-12)18(22)15(11-21-2)13-7-8-16(19)17(20)10-13/h4-10,15,18,21-22H,3,11H2,1-2H3/t15?,18-/m1/s1. The Morgan fingerprint density at radius 1 is 1.05 bits per heavy atom. The van der Waals surface area contributed by atoms with E-state index in [-0.39, 0.29) is 5.92 Å². The van der Waals surface area contributed by atoms with Crippen molar-refractivity contribution in [3.8, 4) is 0 Å². The highest BCUT2D eigenvalue weighted by atomic mass is 35.5. The molecule has 0 fully saturated rings. The van der Waals surface area contributed by atoms with Gasteiger partial charge in [-0.3, -0.25) is 0 Å². The normalized spacial score (nSPS) is 13.9. The van der Waals surface area contributed by atoms with Gasteiger partial charge in [-0.05, 0) is 42.3 Å². The van der Waals surface area contributed by atoms with Gasteiger partial charge >= 0.3 is 0 Å². The topological polar surface area (TPSA) is 32.3 Å². The lowest BCUT2D eigenvalue weighted by molar-refractivity contribution is 0.144. The Bertz CT molecular complexity index is 630. The largest absolute Gasteiger partial charge is 0.388 e. The SMILES string of the molecule is CCc1cccc([C@@H](O)C(CNC)c2ccc(Cl)c(Cl)c2)c1. The number of rotatable bonds is 6. The number of halogens is 2. The third kappa shape index (κ3) is 4.02. The fourth-order valence-corrected chi connectivity index (χ4v) is 2.91. The number of aliphatic hydroxyl groups is 1. The van der Waals surface area contributed by atoms with E-state index in [9.17, 15) is 5.11 Å². The van der Waals surface area contributed by atoms with Gasteiger partial charge in [-0.25, -0.2) is 0 Å². The number of hydrogen-bond acceptors (Lipinski definition) is 2. The summed E-state index contributed by atoms with van der Waals surface area (Å²) in [6, 6.07) is 13.6. The summed E-state index contributed by atoms with van der Waals surface area (Å²) < 4.78 is 0. The second-order valence-electron chi connectivity index (χ2n) is 5.38. The van der Waals surface area contributed by atoms with E-state index in [0.717, 1.165) is 17.5 Å². The van der Waals surface area contributed by atoms with Crippen LogP contribution in [0.15, 0.2) is 42.5 Å². The molecule has 0 spiro atoms. The minimum atomic E-state index is -0.601. The van der Waals surface area contributed by atoms with Crippen molar-refractivity contribution in [2.75, 3.05) is 13.6 Å². The van der Waals surface area contributed by atoms with Crippen molar-refractivity contribution in [2.24, 2.45) is 0 Å². The van der Waals surface area contributed by atoms with Crippen LogP contribution in [-0.4, -0.2) is 18.7 Å². The Labute approximate surface area is 142 Å². The van der Waals surface area contributed by atoms with Crippen LogP contribution < -0.4 is 5.32 Å². The van der Waals surface area contributed by atoms with E-state index >= 15 is 0 Å². The molecule has 4 heteroatoms. The molecule has 0 radical (unpaired) electrons. The molecule has 118 valence electrons. The molecule has 0 heterocycles. The van der Waals surface area contributed by atoms with E-state index in [1.54, 1.807) is 6.07 Å². The summed E-state index contributed by atoms with van der Waals surface area (Å²) in [6.45, 7) is 2.75. The molecule has 2 rings (SSSR count). The quantitative estimate of drug-likeness (QED) is 0.807. The number of aryl methyl sites for hydroxylation is 1. The monoisotopic (exact) mass is 337 g/mol. The number of aliphatic hydroxyl groups excluding tert-OH is 1. The van der Waals surface area contributed by atoms with Crippen molar-refractivity contribution in [3.63, 3.8) is 0 Å². The maximum absolute atomic E-state index is 10.8. The lowest BCUT2D eigenvalue weighted by atomic mass is 9.88. The van der Waals surface area contributed by atoms with Gasteiger partial charge in [0.2, 0.25) is 0 Å². The number of hydrogen-bond donors (Lipinski definition) is 2. The van der Waals surface area contributed by atoms with E-state index in [4.69, 9.17) is 23.2 Å². The molecule has 2 aromatic carbocycles. The summed E-state index contributed by atoms with van der Waals surface area (Å²) in [4.78, 5) is 0. The van der Waals surface area contributed by atoms with Crippen LogP contribution in [0.1, 0.15) is 35.6 Å². The molecule has 22 heavy (non-hydrogen) atoms. The van der Waals surface area contributed by atoms with Gasteiger partial charge in [0.05, 0.1) is 16.1 Å². The van der Waals surface area contributed by atoms with Gasteiger partial charge in [0.15, 0.2) is 0 Å². The van der Waals surface area contributed by atoms with Gasteiger partial charge in [0.1, 0.15) is 0 Å². The molecule has 0 aliphatic carbocycles. The highest BCUT2D eigenvalue weighted by Crippen LogP contribution is 2.34. The highest BCUT2D eigenvalue weighted by Gasteiger charge is 2.23. The van der Waals surface area contributed by atoms with Gasteiger partial charge < -0.3 is 10.4 Å². The first kappa shape index (κ1) is 17.3. The molecule has 2 nitrogen and oxygen atoms in total. The summed E-state index contributed by atoms with van der Waals surface area (Å²) in [6.07, 6.45) is 0.348. The average Bonchev–Trinajstić information content (AvgIpc) is 2.54. The summed E-state index contributed by atoms with van der Waals surface area (Å²) in [5.41, 5.74) is 3.11. The van der Waals surface area contributed by atoms with Crippen molar-refractivity contribution in [1.29, 1.82) is 0 Å². The molecular weight excluding hydrogens is 317 g/mol. The molecule has 0 amide bonds. The van der Waals surface area contributed by atoms with Crippen molar-refractivity contribution < 1.29 is 5.11 Å². The molecule has 0 saturated carbocycles. The van der Waals surface area contributed by atoms with Crippen LogP contribution in [0.25, 0.3) is 0 Å². The van der Waals surface area contributed by atoms with E-state index in [2.05, 4.69) is 24.4 Å². The zero-order chi connectivity index (χ0) is 16.1. The fourth-order valence-electron chi connectivity index (χ4n) is 2.60. The number of likely N-dealkylation sites (N-methyl/N-ethyl adjacent to an activating group) is 1. The van der Waals surface area contributed by atoms with Crippen LogP contribution in [0.3, 0.4) is 0 Å². The van der Waals surface area contributed by atoms with Crippen molar-refractivity contribution in [1.82, 2.24) is 5.32 Å². The first-order chi connectivity index (χ1) is 10.6. The number of benzene rings is 2. The van der Waals surface area contributed by atoms with E-state index < -0.39 is 6.10 Å². The maximum atomic E-state index is 10.8. The van der Waals surface area contributed by atoms with Crippen LogP contribution in [0.5, 0.6) is 0 Å². The third-order valence-corrected chi connectivity index (χ3v) is 4.62. The zero-order valence-electron chi connectivity index (χ0n) is 12.8. The summed E-state index contributed by atoms with van der Waals surface area (Å²) >= 11 is 12.1. The van der Waals surface area contributed by atoms with Gasteiger partial charge in [-0.1, -0.05) is 60.5 Å². The van der Waals surface area contributed by atoms with Gasteiger partial charge in [-0.15, -0.1) is 0 Å². The summed E-state index contributed by atoms with van der Waals surface area (Å²) in [7, 11) is 1.87. The van der Waals surface area contributed by atoms with E-state index in [1.807, 2.05) is 31.3 Å². The Morgan fingerprint density at radius 3 is 2.45 bits per heavy atom. The predicted octanol–water partition coefficient (Wildman–Crippen LogP) is 4.59. The molecule has 2 aromatic rings. The van der Waals surface area contributed by atoms with Crippen LogP contribution >= 0.6 is 23.2 Å². The molecule has 1 unspecified atom stereocenters. The smallest absolute Gasteiger partial charge is 0.0870 e. The molecule has 0 aliphatic rings. The Balaban J connectivity index is 2.35. The molecule has 2 N–H and O–H groups in total. The van der Waals surface area contributed by atoms with Crippen LogP contribution in [0.4, 0.5) is 0 Å². The highest BCUT2D eigenvalue weighted by molar-refractivity contribution is 6.42. The Hall–Kier alpha value is -1.06. The van der Waals surface area contributed by atoms with Crippen molar-refractivity contribution >= 4 is 23.2 Å². The Morgan fingerprint density at radius 2 is 1.82 bits per heavy atom. The van der Waals surface area contributed by atoms with Gasteiger partial charge in [-0.2, -0.15) is 0 Å². The lowest BCUT2D eigenvalue weighted by Gasteiger charge is -2.24. The minimum absolute atomic E-state index is 0.0909. The van der Waals surface area contributed by atoms with E-state index in [0.29, 0.717) is 16.6 Å². The molecule has 0 aliphatic heterocycles. The van der Waals surface area contributed by atoms with Crippen LogP contribution in [0.2, 0.25) is 10.0 Å². The Kier molecular flexibility index (Phi) is 6.27. The van der Waals surface area contributed by atoms with Gasteiger partial charge in [0.25, 0.3) is 0 Å². The fraction of sp³-hybridized carbons (Fsp3) is 0.333. The van der Waals surface area contributed by atoms with Crippen molar-refractivity contribution in [3.05, 3.63) is 69.2 Å². The molecule has 0 saturated heterocycles. The first-order valence-corrected chi connectivity index (χ1v) is 8.18. The second-order valence-corrected chi connectivity index (χ2v) is 6.20. The molecule has 0 aromatic heterocycles. The molecule has 2 atom stereocenters. The summed E-state index contributed by atoms with van der Waals surface area (Å²) in [5, 5.41) is 15.0. The molecule has 0 bridgehead atoms. The van der Waals surface area contributed by atoms with Crippen LogP contribution in [-0.2, 0) is 6.42 Å². The predicted molar refractivity (Wildman–Crippen MR) is 93.9 cm³/mol. The zero-order valence-corrected chi connectivity index (χ0v) is 14.3. The first-order valence-electron chi connectivity index (χ1n) is 7.43. The maximum Gasteiger partial charge on any atom is 0.0870 e. The second kappa shape index (κ2) is 7.98. The molecular formula is C18H21Cl2NO.